The minimum atomic E-state index is -5.62. The fourth-order valence-corrected chi connectivity index (χ4v) is 2.38. The molecule has 1 heterocycles. The van der Waals surface area contributed by atoms with Crippen LogP contribution in [0.4, 0.5) is 13.2 Å². The van der Waals surface area contributed by atoms with Crippen molar-refractivity contribution in [2.45, 2.75) is 18.5 Å². The van der Waals surface area contributed by atoms with Crippen LogP contribution in [0.25, 0.3) is 0 Å². The topological polar surface area (TPSA) is 46.6 Å². The van der Waals surface area contributed by atoms with Gasteiger partial charge in [-0.3, -0.25) is 0 Å². The maximum atomic E-state index is 12.2. The summed E-state index contributed by atoms with van der Waals surface area (Å²) in [5.41, 5.74) is -3.74. The summed E-state index contributed by atoms with van der Waals surface area (Å²) in [6, 6.07) is 4.11. The second kappa shape index (κ2) is 5.01. The van der Waals surface area contributed by atoms with Crippen LogP contribution in [-0.2, 0) is 23.1 Å². The molecule has 0 aromatic heterocycles. The maximum absolute atomic E-state index is 12.2. The molecule has 0 radical (unpaired) electrons. The molecule has 1 aromatic rings. The number of hydrogen-bond donors (Lipinski definition) is 0. The highest BCUT2D eigenvalue weighted by molar-refractivity contribution is 7.87. The van der Waals surface area contributed by atoms with Crippen molar-refractivity contribution in [3.8, 4) is 5.75 Å². The first-order valence-electron chi connectivity index (χ1n) is 5.72. The van der Waals surface area contributed by atoms with Crippen molar-refractivity contribution in [2.75, 3.05) is 6.54 Å². The van der Waals surface area contributed by atoms with Crippen molar-refractivity contribution in [3.05, 3.63) is 42.1 Å². The maximum Gasteiger partial charge on any atom is 0.534 e. The molecule has 110 valence electrons. The lowest BCUT2D eigenvalue weighted by Crippen LogP contribution is -2.28. The summed E-state index contributed by atoms with van der Waals surface area (Å²) in [6.45, 7) is 4.91. The van der Waals surface area contributed by atoms with E-state index in [0.717, 1.165) is 11.1 Å². The average Bonchev–Trinajstić information content (AvgIpc) is 2.36. The molecule has 0 spiro atoms. The van der Waals surface area contributed by atoms with E-state index in [1.54, 1.807) is 12.3 Å². The number of nitrogens with zero attached hydrogens (tertiary/aromatic N) is 1. The quantitative estimate of drug-likeness (QED) is 0.635. The van der Waals surface area contributed by atoms with Crippen LogP contribution in [0.3, 0.4) is 0 Å². The number of rotatable bonds is 3. The Bertz CT molecular complexity index is 625. The largest absolute Gasteiger partial charge is 0.534 e. The van der Waals surface area contributed by atoms with E-state index < -0.39 is 15.6 Å². The first kappa shape index (κ1) is 14.7. The van der Waals surface area contributed by atoms with E-state index in [1.165, 1.54) is 12.1 Å². The first-order chi connectivity index (χ1) is 9.23. The van der Waals surface area contributed by atoms with Gasteiger partial charge >= 0.3 is 15.6 Å². The zero-order valence-electron chi connectivity index (χ0n) is 10.4. The van der Waals surface area contributed by atoms with Crippen LogP contribution in [0.1, 0.15) is 11.1 Å². The summed E-state index contributed by atoms with van der Waals surface area (Å²) in [6.07, 6.45) is 2.27. The molecule has 0 atom stereocenters. The highest BCUT2D eigenvalue weighted by atomic mass is 32.2. The van der Waals surface area contributed by atoms with Crippen LogP contribution in [0.2, 0.25) is 0 Å². The first-order valence-corrected chi connectivity index (χ1v) is 7.13. The Balaban J connectivity index is 2.23. The number of alkyl halides is 3. The van der Waals surface area contributed by atoms with Gasteiger partial charge < -0.3 is 9.08 Å². The Morgan fingerprint density at radius 2 is 2.00 bits per heavy atom. The van der Waals surface area contributed by atoms with Gasteiger partial charge in [-0.25, -0.2) is 0 Å². The summed E-state index contributed by atoms with van der Waals surface area (Å²) < 4.78 is 62.6. The molecule has 1 aromatic carbocycles. The third-order valence-electron chi connectivity index (χ3n) is 2.97. The van der Waals surface area contributed by atoms with Crippen LogP contribution in [-0.4, -0.2) is 25.4 Å². The summed E-state index contributed by atoms with van der Waals surface area (Å²) >= 11 is 0. The Kier molecular flexibility index (Phi) is 3.68. The van der Waals surface area contributed by atoms with Crippen molar-refractivity contribution in [3.63, 3.8) is 0 Å². The zero-order valence-corrected chi connectivity index (χ0v) is 11.2. The van der Waals surface area contributed by atoms with Gasteiger partial charge in [0, 0.05) is 13.1 Å². The van der Waals surface area contributed by atoms with Gasteiger partial charge in [-0.1, -0.05) is 12.6 Å². The van der Waals surface area contributed by atoms with Crippen LogP contribution in [0.5, 0.6) is 5.75 Å². The summed E-state index contributed by atoms with van der Waals surface area (Å²) in [7, 11) is -5.62. The van der Waals surface area contributed by atoms with E-state index in [9.17, 15) is 21.6 Å². The minimum Gasteiger partial charge on any atom is -0.376 e. The van der Waals surface area contributed by atoms with Gasteiger partial charge in [0.25, 0.3) is 0 Å². The number of fused-ring (bicyclic) bond motifs is 1. The molecule has 0 bridgehead atoms. The van der Waals surface area contributed by atoms with E-state index in [4.69, 9.17) is 0 Å². The molecule has 2 rings (SSSR count). The highest BCUT2D eigenvalue weighted by Gasteiger charge is 2.48. The van der Waals surface area contributed by atoms with Crippen molar-refractivity contribution in [1.82, 2.24) is 4.90 Å². The molecule has 8 heteroatoms. The van der Waals surface area contributed by atoms with Crippen molar-refractivity contribution < 1.29 is 25.8 Å². The van der Waals surface area contributed by atoms with Gasteiger partial charge in [-0.2, -0.15) is 21.6 Å². The van der Waals surface area contributed by atoms with E-state index >= 15 is 0 Å². The summed E-state index contributed by atoms with van der Waals surface area (Å²) in [5.74, 6) is -0.326. The van der Waals surface area contributed by atoms with Gasteiger partial charge in [-0.05, 0) is 35.9 Å². The monoisotopic (exact) mass is 307 g/mol. The summed E-state index contributed by atoms with van der Waals surface area (Å²) in [4.78, 5) is 1.95. The Morgan fingerprint density at radius 3 is 2.60 bits per heavy atom. The molecule has 0 N–H and O–H groups in total. The van der Waals surface area contributed by atoms with Crippen LogP contribution >= 0.6 is 0 Å². The molecule has 0 saturated carbocycles. The molecule has 1 aliphatic heterocycles. The second-order valence-electron chi connectivity index (χ2n) is 4.32. The Hall–Kier alpha value is -1.70. The van der Waals surface area contributed by atoms with Gasteiger partial charge in [0.15, 0.2) is 0 Å². The highest BCUT2D eigenvalue weighted by Crippen LogP contribution is 2.29. The molecular weight excluding hydrogens is 295 g/mol. The fraction of sp³-hybridized carbons (Fsp3) is 0.333. The summed E-state index contributed by atoms with van der Waals surface area (Å²) in [5, 5.41) is 0. The number of halogens is 3. The van der Waals surface area contributed by atoms with Gasteiger partial charge in [0.05, 0.1) is 0 Å². The van der Waals surface area contributed by atoms with Crippen LogP contribution in [0, 0.1) is 0 Å². The molecule has 0 saturated heterocycles. The number of hydrogen-bond acceptors (Lipinski definition) is 4. The smallest absolute Gasteiger partial charge is 0.376 e. The van der Waals surface area contributed by atoms with Crippen molar-refractivity contribution in [1.29, 1.82) is 0 Å². The second-order valence-corrected chi connectivity index (χ2v) is 5.85. The van der Waals surface area contributed by atoms with E-state index in [2.05, 4.69) is 10.8 Å². The lowest BCUT2D eigenvalue weighted by Gasteiger charge is -2.27. The molecule has 1 aliphatic rings. The normalized spacial score (nSPS) is 15.7. The predicted octanol–water partition coefficient (Wildman–Crippen LogP) is 2.42. The fourth-order valence-electron chi connectivity index (χ4n) is 1.93. The molecule has 0 fully saturated rings. The molecule has 4 nitrogen and oxygen atoms in total. The third-order valence-corrected chi connectivity index (χ3v) is 3.95. The molecule has 0 unspecified atom stereocenters. The lowest BCUT2D eigenvalue weighted by molar-refractivity contribution is -0.0500. The number of benzene rings is 1. The van der Waals surface area contributed by atoms with Crippen molar-refractivity contribution >= 4 is 10.1 Å². The Morgan fingerprint density at radius 1 is 1.30 bits per heavy atom. The Labute approximate surface area is 114 Å². The van der Waals surface area contributed by atoms with Gasteiger partial charge in [-0.15, -0.1) is 0 Å². The minimum absolute atomic E-state index is 0.326. The predicted molar refractivity (Wildman–Crippen MR) is 66.4 cm³/mol. The van der Waals surface area contributed by atoms with Crippen LogP contribution in [0.15, 0.2) is 31.0 Å². The van der Waals surface area contributed by atoms with Gasteiger partial charge in [0.1, 0.15) is 5.75 Å². The van der Waals surface area contributed by atoms with Crippen molar-refractivity contribution in [2.24, 2.45) is 0 Å². The standard InChI is InChI=1S/C12H12F3NO3S/c1-2-16-6-5-9-7-11(4-3-10(9)8-16)19-20(17,18)12(13,14)15/h2-4,7H,1,5-6,8H2. The van der Waals surface area contributed by atoms with Gasteiger partial charge in [0.2, 0.25) is 0 Å². The molecule has 20 heavy (non-hydrogen) atoms. The molecule has 0 amide bonds. The van der Waals surface area contributed by atoms with E-state index in [1.807, 2.05) is 4.90 Å². The third kappa shape index (κ3) is 2.90. The van der Waals surface area contributed by atoms with E-state index in [-0.39, 0.29) is 5.75 Å². The zero-order chi connectivity index (χ0) is 15.0. The SMILES string of the molecule is C=CN1CCc2cc(OS(=O)(=O)C(F)(F)F)ccc2C1. The lowest BCUT2D eigenvalue weighted by atomic mass is 10.00. The van der Waals surface area contributed by atoms with Crippen LogP contribution < -0.4 is 4.18 Å². The molecule has 0 aliphatic carbocycles. The average molecular weight is 307 g/mol. The van der Waals surface area contributed by atoms with E-state index in [0.29, 0.717) is 19.5 Å². The molecular formula is C12H12F3NO3S.